The fourth-order valence-electron chi connectivity index (χ4n) is 2.60. The third-order valence-electron chi connectivity index (χ3n) is 3.82. The monoisotopic (exact) mass is 279 g/mol. The van der Waals surface area contributed by atoms with E-state index < -0.39 is 18.1 Å². The van der Waals surface area contributed by atoms with Gasteiger partial charge in [-0.25, -0.2) is 5.01 Å². The maximum absolute atomic E-state index is 12.5. The van der Waals surface area contributed by atoms with Crippen LogP contribution in [0.5, 0.6) is 0 Å². The molecule has 2 fully saturated rings. The summed E-state index contributed by atoms with van der Waals surface area (Å²) in [5.74, 6) is -1.53. The first-order chi connectivity index (χ1) is 8.97. The van der Waals surface area contributed by atoms with Crippen LogP contribution in [0.15, 0.2) is 0 Å². The Morgan fingerprint density at radius 2 is 1.84 bits per heavy atom. The van der Waals surface area contributed by atoms with E-state index in [0.29, 0.717) is 0 Å². The van der Waals surface area contributed by atoms with E-state index in [4.69, 9.17) is 0 Å². The topological polar surface area (TPSA) is 44.4 Å². The van der Waals surface area contributed by atoms with Gasteiger partial charge in [-0.05, 0) is 25.7 Å². The Bertz CT molecular complexity index is 308. The molecule has 2 N–H and O–H groups in total. The molecule has 0 aromatic heterocycles. The molecule has 2 heterocycles. The molecule has 0 bridgehead atoms. The van der Waals surface area contributed by atoms with Crippen molar-refractivity contribution in [3.8, 4) is 0 Å². The number of hydrogen-bond donors (Lipinski definition) is 2. The van der Waals surface area contributed by atoms with Gasteiger partial charge in [0.2, 0.25) is 0 Å². The predicted molar refractivity (Wildman–Crippen MR) is 64.1 cm³/mol. The second-order valence-corrected chi connectivity index (χ2v) is 5.30. The van der Waals surface area contributed by atoms with Crippen molar-refractivity contribution in [2.75, 3.05) is 19.6 Å². The summed E-state index contributed by atoms with van der Waals surface area (Å²) >= 11 is 0. The zero-order chi connectivity index (χ0) is 13.9. The van der Waals surface area contributed by atoms with Crippen molar-refractivity contribution in [3.05, 3.63) is 0 Å². The Labute approximate surface area is 110 Å². The highest BCUT2D eigenvalue weighted by atomic mass is 19.4. The maximum Gasteiger partial charge on any atom is 0.393 e. The van der Waals surface area contributed by atoms with E-state index in [1.807, 2.05) is 5.01 Å². The Hall–Kier alpha value is -0.820. The summed E-state index contributed by atoms with van der Waals surface area (Å²) in [6, 6.07) is -0.500. The number of rotatable bonds is 2. The summed E-state index contributed by atoms with van der Waals surface area (Å²) in [5.41, 5.74) is 2.79. The van der Waals surface area contributed by atoms with Crippen LogP contribution in [0.25, 0.3) is 0 Å². The lowest BCUT2D eigenvalue weighted by molar-refractivity contribution is -0.180. The van der Waals surface area contributed by atoms with Crippen LogP contribution in [0.4, 0.5) is 13.2 Å². The molecular formula is C12H20F3N3O. The highest BCUT2D eigenvalue weighted by Gasteiger charge is 2.42. The molecule has 0 aliphatic carbocycles. The second-order valence-electron chi connectivity index (χ2n) is 5.30. The molecule has 19 heavy (non-hydrogen) atoms. The first-order valence-corrected chi connectivity index (χ1v) is 6.82. The average molecular weight is 279 g/mol. The third-order valence-corrected chi connectivity index (χ3v) is 3.82. The number of hydrogen-bond acceptors (Lipinski definition) is 3. The molecule has 2 saturated heterocycles. The zero-order valence-corrected chi connectivity index (χ0v) is 10.8. The van der Waals surface area contributed by atoms with Crippen molar-refractivity contribution >= 4 is 5.91 Å². The van der Waals surface area contributed by atoms with Crippen LogP contribution in [0.3, 0.4) is 0 Å². The van der Waals surface area contributed by atoms with Crippen LogP contribution < -0.4 is 10.7 Å². The van der Waals surface area contributed by atoms with Crippen molar-refractivity contribution in [3.63, 3.8) is 0 Å². The van der Waals surface area contributed by atoms with Gasteiger partial charge < -0.3 is 5.32 Å². The zero-order valence-electron chi connectivity index (χ0n) is 10.8. The lowest BCUT2D eigenvalue weighted by Gasteiger charge is -2.33. The first-order valence-electron chi connectivity index (χ1n) is 6.82. The van der Waals surface area contributed by atoms with Crippen LogP contribution in [0.2, 0.25) is 0 Å². The second kappa shape index (κ2) is 6.09. The lowest BCUT2D eigenvalue weighted by Crippen LogP contribution is -2.55. The number of amides is 1. The number of alkyl halides is 3. The van der Waals surface area contributed by atoms with Crippen LogP contribution in [0, 0.1) is 5.92 Å². The van der Waals surface area contributed by atoms with E-state index in [2.05, 4.69) is 10.7 Å². The highest BCUT2D eigenvalue weighted by molar-refractivity contribution is 5.81. The van der Waals surface area contributed by atoms with Crippen molar-refractivity contribution in [1.29, 1.82) is 0 Å². The van der Waals surface area contributed by atoms with Gasteiger partial charge in [0, 0.05) is 19.6 Å². The Morgan fingerprint density at radius 3 is 2.37 bits per heavy atom. The van der Waals surface area contributed by atoms with Gasteiger partial charge in [0.25, 0.3) is 5.91 Å². The Morgan fingerprint density at radius 1 is 1.16 bits per heavy atom. The van der Waals surface area contributed by atoms with E-state index >= 15 is 0 Å². The predicted octanol–water partition coefficient (Wildman–Crippen LogP) is 1.43. The molecule has 0 radical (unpaired) electrons. The van der Waals surface area contributed by atoms with Crippen molar-refractivity contribution in [2.45, 2.75) is 44.3 Å². The van der Waals surface area contributed by atoms with Crippen molar-refractivity contribution in [1.82, 2.24) is 15.8 Å². The number of nitrogens with zero attached hydrogens (tertiary/aromatic N) is 1. The Kier molecular flexibility index (Phi) is 4.67. The number of halogens is 3. The molecule has 4 nitrogen and oxygen atoms in total. The molecule has 7 heteroatoms. The largest absolute Gasteiger partial charge is 0.393 e. The third kappa shape index (κ3) is 4.07. The van der Waals surface area contributed by atoms with Gasteiger partial charge in [-0.3, -0.25) is 10.2 Å². The summed E-state index contributed by atoms with van der Waals surface area (Å²) < 4.78 is 37.5. The number of carbonyl (C=O) groups excluding carboxylic acids is 1. The van der Waals surface area contributed by atoms with Gasteiger partial charge in [-0.2, -0.15) is 13.2 Å². The molecule has 0 aromatic rings. The maximum atomic E-state index is 12.5. The number of nitrogens with one attached hydrogen (secondary N) is 2. The summed E-state index contributed by atoms with van der Waals surface area (Å²) in [6.07, 6.45) is -0.635. The van der Waals surface area contributed by atoms with Gasteiger partial charge in [-0.15, -0.1) is 0 Å². The van der Waals surface area contributed by atoms with E-state index in [9.17, 15) is 18.0 Å². The SMILES string of the molecule is O=C(NN1CCCCC1)C1CCC(C(F)(F)F)CN1. The highest BCUT2D eigenvalue weighted by Crippen LogP contribution is 2.31. The molecule has 1 amide bonds. The molecule has 0 saturated carbocycles. The van der Waals surface area contributed by atoms with Crippen molar-refractivity contribution < 1.29 is 18.0 Å². The minimum atomic E-state index is -4.17. The smallest absolute Gasteiger partial charge is 0.305 e. The van der Waals surface area contributed by atoms with E-state index in [-0.39, 0.29) is 25.3 Å². The number of hydrazine groups is 1. The molecule has 2 rings (SSSR count). The average Bonchev–Trinajstić information content (AvgIpc) is 2.39. The minimum Gasteiger partial charge on any atom is -0.305 e. The molecule has 2 atom stereocenters. The van der Waals surface area contributed by atoms with E-state index in [1.54, 1.807) is 0 Å². The van der Waals surface area contributed by atoms with Gasteiger partial charge >= 0.3 is 6.18 Å². The van der Waals surface area contributed by atoms with Gasteiger partial charge in [0.05, 0.1) is 12.0 Å². The summed E-state index contributed by atoms with van der Waals surface area (Å²) in [5, 5.41) is 4.57. The summed E-state index contributed by atoms with van der Waals surface area (Å²) in [7, 11) is 0. The minimum absolute atomic E-state index is 0.0224. The fourth-order valence-corrected chi connectivity index (χ4v) is 2.60. The van der Waals surface area contributed by atoms with Crippen LogP contribution in [-0.2, 0) is 4.79 Å². The standard InChI is InChI=1S/C12H20F3N3O/c13-12(14,15)9-4-5-10(16-8-9)11(19)17-18-6-2-1-3-7-18/h9-10,16H,1-8H2,(H,17,19). The van der Waals surface area contributed by atoms with E-state index in [1.165, 1.54) is 6.42 Å². The van der Waals surface area contributed by atoms with Gasteiger partial charge in [-0.1, -0.05) is 6.42 Å². The molecule has 2 unspecified atom stereocenters. The molecule has 2 aliphatic rings. The quantitative estimate of drug-likeness (QED) is 0.804. The van der Waals surface area contributed by atoms with Gasteiger partial charge in [0.15, 0.2) is 0 Å². The molecule has 0 spiro atoms. The Balaban J connectivity index is 1.76. The molecule has 0 aromatic carbocycles. The number of piperidine rings is 2. The summed E-state index contributed by atoms with van der Waals surface area (Å²) in [4.78, 5) is 11.9. The van der Waals surface area contributed by atoms with Gasteiger partial charge in [0.1, 0.15) is 0 Å². The molecule has 110 valence electrons. The van der Waals surface area contributed by atoms with E-state index in [0.717, 1.165) is 25.9 Å². The van der Waals surface area contributed by atoms with Crippen LogP contribution in [0.1, 0.15) is 32.1 Å². The molecular weight excluding hydrogens is 259 g/mol. The van der Waals surface area contributed by atoms with Crippen LogP contribution >= 0.6 is 0 Å². The first kappa shape index (κ1) is 14.6. The number of carbonyl (C=O) groups is 1. The fraction of sp³-hybridized carbons (Fsp3) is 0.917. The van der Waals surface area contributed by atoms with Crippen LogP contribution in [-0.4, -0.2) is 42.8 Å². The van der Waals surface area contributed by atoms with Crippen molar-refractivity contribution in [2.24, 2.45) is 5.92 Å². The molecule has 2 aliphatic heterocycles. The normalized spacial score (nSPS) is 30.1. The lowest BCUT2D eigenvalue weighted by atomic mass is 9.94. The summed E-state index contributed by atoms with van der Waals surface area (Å²) in [6.45, 7) is 1.48.